The van der Waals surface area contributed by atoms with Crippen molar-refractivity contribution >= 4 is 34.9 Å². The van der Waals surface area contributed by atoms with Crippen LogP contribution < -0.4 is 10.1 Å². The summed E-state index contributed by atoms with van der Waals surface area (Å²) in [6.45, 7) is 2.33. The van der Waals surface area contributed by atoms with Gasteiger partial charge in [0.05, 0.1) is 4.91 Å². The zero-order valence-corrected chi connectivity index (χ0v) is 17.2. The number of carbonyl (C=O) groups excluding carboxylic acids is 3. The van der Waals surface area contributed by atoms with Crippen LogP contribution >= 0.6 is 11.8 Å². The van der Waals surface area contributed by atoms with Gasteiger partial charge >= 0.3 is 0 Å². The van der Waals surface area contributed by atoms with E-state index in [1.165, 1.54) is 12.1 Å². The summed E-state index contributed by atoms with van der Waals surface area (Å²) in [7, 11) is 0. The molecule has 3 rings (SSSR count). The van der Waals surface area contributed by atoms with Crippen LogP contribution in [0.4, 0.5) is 9.18 Å². The van der Waals surface area contributed by atoms with E-state index in [-0.39, 0.29) is 29.8 Å². The van der Waals surface area contributed by atoms with E-state index >= 15 is 0 Å². The van der Waals surface area contributed by atoms with Crippen LogP contribution in [0.1, 0.15) is 24.5 Å². The number of amides is 3. The van der Waals surface area contributed by atoms with Gasteiger partial charge in [0.1, 0.15) is 24.7 Å². The zero-order chi connectivity index (χ0) is 21.5. The van der Waals surface area contributed by atoms with Crippen molar-refractivity contribution in [2.45, 2.75) is 20.0 Å². The van der Waals surface area contributed by atoms with Gasteiger partial charge in [0.25, 0.3) is 11.1 Å². The average Bonchev–Trinajstić information content (AvgIpc) is 3.00. The van der Waals surface area contributed by atoms with Gasteiger partial charge in [-0.2, -0.15) is 0 Å². The maximum atomic E-state index is 13.0. The number of hydrogen-bond acceptors (Lipinski definition) is 5. The van der Waals surface area contributed by atoms with Crippen LogP contribution in [-0.2, 0) is 16.2 Å². The fourth-order valence-corrected chi connectivity index (χ4v) is 3.54. The monoisotopic (exact) mass is 428 g/mol. The number of halogens is 1. The number of nitrogens with zero attached hydrogens (tertiary/aromatic N) is 1. The van der Waals surface area contributed by atoms with Crippen LogP contribution in [0.3, 0.4) is 0 Å². The first-order valence-corrected chi connectivity index (χ1v) is 10.3. The van der Waals surface area contributed by atoms with Gasteiger partial charge in [0.2, 0.25) is 5.91 Å². The lowest BCUT2D eigenvalue weighted by atomic mass is 10.1. The second kappa shape index (κ2) is 10.1. The van der Waals surface area contributed by atoms with Crippen molar-refractivity contribution < 1.29 is 23.5 Å². The molecule has 1 aliphatic heterocycles. The van der Waals surface area contributed by atoms with Gasteiger partial charge in [-0.15, -0.1) is 0 Å². The van der Waals surface area contributed by atoms with E-state index in [9.17, 15) is 18.8 Å². The van der Waals surface area contributed by atoms with Crippen molar-refractivity contribution in [3.63, 3.8) is 0 Å². The Balaban J connectivity index is 1.72. The van der Waals surface area contributed by atoms with Crippen molar-refractivity contribution in [3.05, 3.63) is 70.4 Å². The van der Waals surface area contributed by atoms with E-state index in [2.05, 4.69) is 5.32 Å². The Morgan fingerprint density at radius 1 is 1.17 bits per heavy atom. The van der Waals surface area contributed by atoms with E-state index in [4.69, 9.17) is 4.74 Å². The second-order valence-corrected chi connectivity index (χ2v) is 7.56. The molecule has 1 aliphatic rings. The molecule has 0 radical (unpaired) electrons. The number of ether oxygens (including phenoxy) is 1. The predicted octanol–water partition coefficient (Wildman–Crippen LogP) is 3.97. The minimum absolute atomic E-state index is 0.223. The minimum atomic E-state index is -0.509. The first-order valence-electron chi connectivity index (χ1n) is 9.46. The van der Waals surface area contributed by atoms with Gasteiger partial charge in [-0.25, -0.2) is 4.39 Å². The number of para-hydroxylation sites is 1. The molecule has 3 amide bonds. The molecule has 8 heteroatoms. The largest absolute Gasteiger partial charge is 0.488 e. The fraction of sp³-hybridized carbons (Fsp3) is 0.227. The molecule has 0 aromatic heterocycles. The lowest BCUT2D eigenvalue weighted by molar-refractivity contribution is -0.129. The summed E-state index contributed by atoms with van der Waals surface area (Å²) in [5, 5.41) is 2.17. The predicted molar refractivity (Wildman–Crippen MR) is 113 cm³/mol. The van der Waals surface area contributed by atoms with Crippen molar-refractivity contribution in [1.29, 1.82) is 0 Å². The molecule has 156 valence electrons. The van der Waals surface area contributed by atoms with Gasteiger partial charge in [-0.1, -0.05) is 37.3 Å². The minimum Gasteiger partial charge on any atom is -0.488 e. The molecule has 2 aromatic carbocycles. The number of benzene rings is 2. The van der Waals surface area contributed by atoms with Crippen LogP contribution in [-0.4, -0.2) is 35.0 Å². The Morgan fingerprint density at radius 2 is 1.90 bits per heavy atom. The summed E-state index contributed by atoms with van der Waals surface area (Å²) in [4.78, 5) is 37.9. The standard InChI is InChI=1S/C22H21FN2O4S/c1-2-11-24-20(26)13-25-21(27)19(30-22(25)28)12-16-5-3-4-6-18(16)29-14-15-7-9-17(23)10-8-15/h3-10,12H,2,11,13-14H2,1H3,(H,24,26)/b19-12-. The van der Waals surface area contributed by atoms with Gasteiger partial charge < -0.3 is 10.1 Å². The Kier molecular flexibility index (Phi) is 7.24. The van der Waals surface area contributed by atoms with Crippen molar-refractivity contribution in [1.82, 2.24) is 10.2 Å². The molecule has 1 fully saturated rings. The summed E-state index contributed by atoms with van der Waals surface area (Å²) < 4.78 is 18.9. The van der Waals surface area contributed by atoms with E-state index in [0.717, 1.165) is 28.6 Å². The van der Waals surface area contributed by atoms with E-state index in [1.54, 1.807) is 42.5 Å². The lowest BCUT2D eigenvalue weighted by Gasteiger charge is -2.12. The molecule has 0 atom stereocenters. The smallest absolute Gasteiger partial charge is 0.294 e. The fourth-order valence-electron chi connectivity index (χ4n) is 2.71. The maximum absolute atomic E-state index is 13.0. The van der Waals surface area contributed by atoms with Gasteiger partial charge in [-0.05, 0) is 48.0 Å². The molecule has 30 heavy (non-hydrogen) atoms. The SMILES string of the molecule is CCCNC(=O)CN1C(=O)S/C(=C\c2ccccc2OCc2ccc(F)cc2)C1=O. The van der Waals surface area contributed by atoms with Crippen molar-refractivity contribution in [2.75, 3.05) is 13.1 Å². The maximum Gasteiger partial charge on any atom is 0.294 e. The molecular formula is C22H21FN2O4S. The number of nitrogens with one attached hydrogen (secondary N) is 1. The van der Waals surface area contributed by atoms with E-state index in [1.807, 2.05) is 6.92 Å². The number of imide groups is 1. The van der Waals surface area contributed by atoms with Crippen LogP contribution in [0, 0.1) is 5.82 Å². The van der Waals surface area contributed by atoms with E-state index < -0.39 is 11.1 Å². The molecule has 0 aliphatic carbocycles. The first kappa shape index (κ1) is 21.6. The highest BCUT2D eigenvalue weighted by Crippen LogP contribution is 2.34. The molecule has 0 unspecified atom stereocenters. The first-order chi connectivity index (χ1) is 14.5. The third-order valence-electron chi connectivity index (χ3n) is 4.26. The molecule has 0 spiro atoms. The number of hydrogen-bond donors (Lipinski definition) is 1. The summed E-state index contributed by atoms with van der Waals surface area (Å²) in [5.41, 5.74) is 1.42. The molecular weight excluding hydrogens is 407 g/mol. The molecule has 2 aromatic rings. The summed E-state index contributed by atoms with van der Waals surface area (Å²) in [6.07, 6.45) is 2.34. The Morgan fingerprint density at radius 3 is 2.63 bits per heavy atom. The molecule has 6 nitrogen and oxygen atoms in total. The third-order valence-corrected chi connectivity index (χ3v) is 5.17. The molecule has 0 bridgehead atoms. The highest BCUT2D eigenvalue weighted by molar-refractivity contribution is 8.18. The highest BCUT2D eigenvalue weighted by atomic mass is 32.2. The third kappa shape index (κ3) is 5.48. The second-order valence-electron chi connectivity index (χ2n) is 6.57. The summed E-state index contributed by atoms with van der Waals surface area (Å²) in [5.74, 6) is -0.680. The molecule has 1 saturated heterocycles. The highest BCUT2D eigenvalue weighted by Gasteiger charge is 2.36. The number of thioether (sulfide) groups is 1. The lowest BCUT2D eigenvalue weighted by Crippen LogP contribution is -2.39. The Bertz CT molecular complexity index is 975. The summed E-state index contributed by atoms with van der Waals surface area (Å²) >= 11 is 0.789. The van der Waals surface area contributed by atoms with E-state index in [0.29, 0.717) is 17.9 Å². The number of rotatable bonds is 8. The Labute approximate surface area is 178 Å². The summed E-state index contributed by atoms with van der Waals surface area (Å²) in [6, 6.07) is 13.1. The van der Waals surface area contributed by atoms with Crippen LogP contribution in [0.25, 0.3) is 6.08 Å². The molecule has 0 saturated carbocycles. The molecule has 1 heterocycles. The van der Waals surface area contributed by atoms with Gasteiger partial charge in [-0.3, -0.25) is 19.3 Å². The molecule has 1 N–H and O–H groups in total. The quantitative estimate of drug-likeness (QED) is 0.644. The van der Waals surface area contributed by atoms with Crippen LogP contribution in [0.15, 0.2) is 53.4 Å². The zero-order valence-electron chi connectivity index (χ0n) is 16.4. The van der Waals surface area contributed by atoms with Crippen molar-refractivity contribution in [3.8, 4) is 5.75 Å². The van der Waals surface area contributed by atoms with Gasteiger partial charge in [0, 0.05) is 12.1 Å². The Hall–Kier alpha value is -3.13. The number of carbonyl (C=O) groups is 3. The topological polar surface area (TPSA) is 75.7 Å². The van der Waals surface area contributed by atoms with Crippen LogP contribution in [0.5, 0.6) is 5.75 Å². The normalized spacial score (nSPS) is 15.0. The van der Waals surface area contributed by atoms with Gasteiger partial charge in [0.15, 0.2) is 0 Å². The average molecular weight is 428 g/mol. The van der Waals surface area contributed by atoms with Crippen LogP contribution in [0.2, 0.25) is 0 Å². The van der Waals surface area contributed by atoms with Crippen molar-refractivity contribution in [2.24, 2.45) is 0 Å².